The van der Waals surface area contributed by atoms with Gasteiger partial charge in [0, 0.05) is 38.4 Å². The van der Waals surface area contributed by atoms with Crippen molar-refractivity contribution in [3.05, 3.63) is 0 Å². The summed E-state index contributed by atoms with van der Waals surface area (Å²) in [4.78, 5) is 2.60. The third-order valence-electron chi connectivity index (χ3n) is 4.71. The molecule has 4 heteroatoms. The van der Waals surface area contributed by atoms with Crippen molar-refractivity contribution in [3.8, 4) is 0 Å². The van der Waals surface area contributed by atoms with Crippen LogP contribution in [-0.4, -0.2) is 55.0 Å². The molecule has 1 atom stereocenters. The molecule has 19 heavy (non-hydrogen) atoms. The molecule has 0 radical (unpaired) electrons. The fourth-order valence-electron chi connectivity index (χ4n) is 3.75. The summed E-state index contributed by atoms with van der Waals surface area (Å²) in [6.07, 6.45) is 4.82. The number of hydrogen-bond acceptors (Lipinski definition) is 4. The molecule has 1 unspecified atom stereocenters. The van der Waals surface area contributed by atoms with Crippen LogP contribution in [0.5, 0.6) is 0 Å². The third-order valence-corrected chi connectivity index (χ3v) is 4.71. The molecule has 2 rings (SSSR count). The van der Waals surface area contributed by atoms with Gasteiger partial charge in [0.05, 0.1) is 11.7 Å². The SMILES string of the molecule is CCOC1CCN(C2(CN)CCOC(C)(C)C2)CC1. The fraction of sp³-hybridized carbons (Fsp3) is 1.00. The van der Waals surface area contributed by atoms with E-state index in [-0.39, 0.29) is 11.1 Å². The van der Waals surface area contributed by atoms with E-state index >= 15 is 0 Å². The maximum absolute atomic E-state index is 6.16. The molecule has 2 saturated heterocycles. The number of nitrogens with two attached hydrogens (primary N) is 1. The largest absolute Gasteiger partial charge is 0.378 e. The summed E-state index contributed by atoms with van der Waals surface area (Å²) in [7, 11) is 0. The highest BCUT2D eigenvalue weighted by Gasteiger charge is 2.44. The first kappa shape index (κ1) is 15.2. The zero-order chi connectivity index (χ0) is 13.9. The van der Waals surface area contributed by atoms with Crippen molar-refractivity contribution < 1.29 is 9.47 Å². The topological polar surface area (TPSA) is 47.7 Å². The first-order valence-corrected chi connectivity index (χ1v) is 7.72. The van der Waals surface area contributed by atoms with Gasteiger partial charge in [-0.05, 0) is 46.5 Å². The lowest BCUT2D eigenvalue weighted by atomic mass is 9.79. The van der Waals surface area contributed by atoms with Crippen molar-refractivity contribution >= 4 is 0 Å². The lowest BCUT2D eigenvalue weighted by molar-refractivity contribution is -0.127. The number of nitrogens with zero attached hydrogens (tertiary/aromatic N) is 1. The summed E-state index contributed by atoms with van der Waals surface area (Å²) in [5.74, 6) is 0. The first-order chi connectivity index (χ1) is 9.01. The zero-order valence-electron chi connectivity index (χ0n) is 12.8. The van der Waals surface area contributed by atoms with Crippen molar-refractivity contribution in [3.63, 3.8) is 0 Å². The Morgan fingerprint density at radius 3 is 2.53 bits per heavy atom. The van der Waals surface area contributed by atoms with Crippen molar-refractivity contribution in [2.24, 2.45) is 5.73 Å². The monoisotopic (exact) mass is 270 g/mol. The summed E-state index contributed by atoms with van der Waals surface area (Å²) in [5.41, 5.74) is 6.25. The van der Waals surface area contributed by atoms with E-state index in [1.54, 1.807) is 0 Å². The molecule has 0 bridgehead atoms. The minimum atomic E-state index is -0.0472. The lowest BCUT2D eigenvalue weighted by Crippen LogP contribution is -2.62. The molecule has 2 fully saturated rings. The van der Waals surface area contributed by atoms with Crippen molar-refractivity contribution in [2.45, 2.75) is 63.7 Å². The molecule has 2 N–H and O–H groups in total. The molecule has 0 saturated carbocycles. The summed E-state index contributed by atoms with van der Waals surface area (Å²) in [6, 6.07) is 0. The zero-order valence-corrected chi connectivity index (χ0v) is 12.8. The van der Waals surface area contributed by atoms with Gasteiger partial charge in [0.15, 0.2) is 0 Å². The Bertz CT molecular complexity index is 288. The van der Waals surface area contributed by atoms with Gasteiger partial charge in [-0.1, -0.05) is 0 Å². The van der Waals surface area contributed by atoms with Crippen LogP contribution >= 0.6 is 0 Å². The van der Waals surface area contributed by atoms with Crippen LogP contribution < -0.4 is 5.73 Å². The van der Waals surface area contributed by atoms with Gasteiger partial charge in [-0.15, -0.1) is 0 Å². The molecular formula is C15H30N2O2. The van der Waals surface area contributed by atoms with E-state index in [1.807, 2.05) is 0 Å². The highest BCUT2D eigenvalue weighted by molar-refractivity contribution is 5.00. The van der Waals surface area contributed by atoms with Crippen LogP contribution in [0, 0.1) is 0 Å². The number of hydrogen-bond donors (Lipinski definition) is 1. The fourth-order valence-corrected chi connectivity index (χ4v) is 3.75. The van der Waals surface area contributed by atoms with Crippen LogP contribution in [-0.2, 0) is 9.47 Å². The molecular weight excluding hydrogens is 240 g/mol. The van der Waals surface area contributed by atoms with Crippen LogP contribution in [0.3, 0.4) is 0 Å². The van der Waals surface area contributed by atoms with Crippen LogP contribution in [0.25, 0.3) is 0 Å². The lowest BCUT2D eigenvalue weighted by Gasteiger charge is -2.52. The molecule has 2 aliphatic heterocycles. The molecule has 2 aliphatic rings. The second kappa shape index (κ2) is 6.08. The second-order valence-corrected chi connectivity index (χ2v) is 6.61. The standard InChI is InChI=1S/C15H30N2O2/c1-4-18-13-5-8-17(9-6-13)15(12-16)7-10-19-14(2,3)11-15/h13H,4-12,16H2,1-3H3. The average molecular weight is 270 g/mol. The van der Waals surface area contributed by atoms with Crippen LogP contribution in [0.2, 0.25) is 0 Å². The van der Waals surface area contributed by atoms with Gasteiger partial charge >= 0.3 is 0 Å². The van der Waals surface area contributed by atoms with Crippen LogP contribution in [0.15, 0.2) is 0 Å². The Morgan fingerprint density at radius 2 is 2.00 bits per heavy atom. The maximum atomic E-state index is 6.16. The van der Waals surface area contributed by atoms with Gasteiger partial charge in [0.25, 0.3) is 0 Å². The van der Waals surface area contributed by atoms with Gasteiger partial charge in [0.2, 0.25) is 0 Å². The van der Waals surface area contributed by atoms with Crippen molar-refractivity contribution in [1.29, 1.82) is 0 Å². The summed E-state index contributed by atoms with van der Waals surface area (Å²) in [6.45, 7) is 11.1. The summed E-state index contributed by atoms with van der Waals surface area (Å²) in [5, 5.41) is 0. The van der Waals surface area contributed by atoms with Gasteiger partial charge in [0.1, 0.15) is 0 Å². The molecule has 0 amide bonds. The van der Waals surface area contributed by atoms with E-state index in [2.05, 4.69) is 25.7 Å². The number of piperidine rings is 1. The minimum Gasteiger partial charge on any atom is -0.378 e. The van der Waals surface area contributed by atoms with E-state index in [1.165, 1.54) is 0 Å². The highest BCUT2D eigenvalue weighted by atomic mass is 16.5. The maximum Gasteiger partial charge on any atom is 0.0644 e. The minimum absolute atomic E-state index is 0.0472. The van der Waals surface area contributed by atoms with E-state index in [9.17, 15) is 0 Å². The first-order valence-electron chi connectivity index (χ1n) is 7.72. The molecule has 0 spiro atoms. The van der Waals surface area contributed by atoms with Crippen LogP contribution in [0.4, 0.5) is 0 Å². The Balaban J connectivity index is 1.98. The van der Waals surface area contributed by atoms with Crippen LogP contribution in [0.1, 0.15) is 46.5 Å². The molecule has 0 aliphatic carbocycles. The Morgan fingerprint density at radius 1 is 1.32 bits per heavy atom. The molecule has 112 valence electrons. The Labute approximate surface area is 117 Å². The van der Waals surface area contributed by atoms with Crippen molar-refractivity contribution in [1.82, 2.24) is 4.90 Å². The predicted molar refractivity (Wildman–Crippen MR) is 77.3 cm³/mol. The van der Waals surface area contributed by atoms with Gasteiger partial charge in [-0.25, -0.2) is 0 Å². The number of rotatable bonds is 4. The van der Waals surface area contributed by atoms with Crippen molar-refractivity contribution in [2.75, 3.05) is 32.8 Å². The van der Waals surface area contributed by atoms with Gasteiger partial charge < -0.3 is 15.2 Å². The van der Waals surface area contributed by atoms with E-state index in [0.29, 0.717) is 6.10 Å². The number of ether oxygens (including phenoxy) is 2. The Kier molecular flexibility index (Phi) is 4.88. The quantitative estimate of drug-likeness (QED) is 0.846. The molecule has 4 nitrogen and oxygen atoms in total. The molecule has 0 aromatic rings. The normalized spacial score (nSPS) is 33.5. The predicted octanol–water partition coefficient (Wildman–Crippen LogP) is 1.77. The summed E-state index contributed by atoms with van der Waals surface area (Å²) < 4.78 is 11.6. The smallest absolute Gasteiger partial charge is 0.0644 e. The van der Waals surface area contributed by atoms with E-state index in [0.717, 1.165) is 58.5 Å². The molecule has 0 aromatic heterocycles. The second-order valence-electron chi connectivity index (χ2n) is 6.61. The molecule has 0 aromatic carbocycles. The molecule has 2 heterocycles. The number of likely N-dealkylation sites (tertiary alicyclic amines) is 1. The average Bonchev–Trinajstić information content (AvgIpc) is 2.38. The van der Waals surface area contributed by atoms with Gasteiger partial charge in [-0.2, -0.15) is 0 Å². The third kappa shape index (κ3) is 3.48. The summed E-state index contributed by atoms with van der Waals surface area (Å²) >= 11 is 0. The highest BCUT2D eigenvalue weighted by Crippen LogP contribution is 2.37. The van der Waals surface area contributed by atoms with Gasteiger partial charge in [-0.3, -0.25) is 4.90 Å². The van der Waals surface area contributed by atoms with E-state index < -0.39 is 0 Å². The van der Waals surface area contributed by atoms with E-state index in [4.69, 9.17) is 15.2 Å². The Hall–Kier alpha value is -0.160.